The van der Waals surface area contributed by atoms with Crippen molar-refractivity contribution in [1.29, 1.82) is 0 Å². The highest BCUT2D eigenvalue weighted by molar-refractivity contribution is 5.78. The number of esters is 1. The van der Waals surface area contributed by atoms with Crippen molar-refractivity contribution in [2.75, 3.05) is 13.1 Å². The van der Waals surface area contributed by atoms with Gasteiger partial charge >= 0.3 is 12.1 Å². The molecule has 0 radical (unpaired) electrons. The molecule has 0 saturated carbocycles. The first kappa shape index (κ1) is 13.8. The van der Waals surface area contributed by atoms with Crippen molar-refractivity contribution in [1.82, 2.24) is 10.3 Å². The predicted octanol–water partition coefficient (Wildman–Crippen LogP) is 1.70. The van der Waals surface area contributed by atoms with Crippen molar-refractivity contribution in [3.63, 3.8) is 0 Å². The number of ether oxygens (including phenoxy) is 1. The minimum atomic E-state index is -5.00. The standard InChI is InChI=1S/C12H13F3N2O2/c13-12(14,15)11(18)19-10-2-1-5-17-9(10)4-3-8-6-16-7-8/h1-2,5,8,16H,3-4,6-7H2. The number of nitrogens with one attached hydrogen (secondary N) is 1. The second kappa shape index (κ2) is 5.56. The Morgan fingerprint density at radius 2 is 2.21 bits per heavy atom. The molecule has 1 aromatic heterocycles. The van der Waals surface area contributed by atoms with Crippen molar-refractivity contribution >= 4 is 5.97 Å². The predicted molar refractivity (Wildman–Crippen MR) is 60.6 cm³/mol. The van der Waals surface area contributed by atoms with Crippen LogP contribution in [0.3, 0.4) is 0 Å². The van der Waals surface area contributed by atoms with Gasteiger partial charge in [-0.15, -0.1) is 0 Å². The van der Waals surface area contributed by atoms with E-state index in [0.717, 1.165) is 19.5 Å². The van der Waals surface area contributed by atoms with Crippen LogP contribution < -0.4 is 10.1 Å². The van der Waals surface area contributed by atoms with Gasteiger partial charge in [-0.3, -0.25) is 4.98 Å². The van der Waals surface area contributed by atoms with Crippen molar-refractivity contribution in [2.45, 2.75) is 19.0 Å². The van der Waals surface area contributed by atoms with E-state index < -0.39 is 12.1 Å². The maximum atomic E-state index is 12.1. The zero-order valence-corrected chi connectivity index (χ0v) is 10.0. The maximum absolute atomic E-state index is 12.1. The highest BCUT2D eigenvalue weighted by Crippen LogP contribution is 2.24. The van der Waals surface area contributed by atoms with Gasteiger partial charge in [-0.25, -0.2) is 4.79 Å². The van der Waals surface area contributed by atoms with E-state index in [2.05, 4.69) is 15.0 Å². The van der Waals surface area contributed by atoms with E-state index in [1.54, 1.807) is 0 Å². The molecule has 104 valence electrons. The molecule has 7 heteroatoms. The number of halogens is 3. The van der Waals surface area contributed by atoms with E-state index in [-0.39, 0.29) is 5.75 Å². The molecular weight excluding hydrogens is 261 g/mol. The van der Waals surface area contributed by atoms with Crippen LogP contribution in [-0.4, -0.2) is 30.2 Å². The van der Waals surface area contributed by atoms with Crippen LogP contribution in [-0.2, 0) is 11.2 Å². The van der Waals surface area contributed by atoms with Crippen LogP contribution in [0, 0.1) is 5.92 Å². The number of carbonyl (C=O) groups is 1. The minimum absolute atomic E-state index is 0.114. The third kappa shape index (κ3) is 3.66. The smallest absolute Gasteiger partial charge is 0.418 e. The van der Waals surface area contributed by atoms with Crippen LogP contribution in [0.25, 0.3) is 0 Å². The molecule has 1 fully saturated rings. The molecule has 1 aliphatic rings. The SMILES string of the molecule is O=C(Oc1cccnc1CCC1CNC1)C(F)(F)F. The van der Waals surface area contributed by atoms with E-state index >= 15 is 0 Å². The first-order valence-corrected chi connectivity index (χ1v) is 5.90. The number of aromatic nitrogens is 1. The van der Waals surface area contributed by atoms with Crippen LogP contribution in [0.5, 0.6) is 5.75 Å². The van der Waals surface area contributed by atoms with Crippen molar-refractivity contribution in [2.24, 2.45) is 5.92 Å². The summed E-state index contributed by atoms with van der Waals surface area (Å²) in [7, 11) is 0. The lowest BCUT2D eigenvalue weighted by atomic mass is 9.96. The normalized spacial score (nSPS) is 15.9. The molecule has 1 N–H and O–H groups in total. The summed E-state index contributed by atoms with van der Waals surface area (Å²) in [4.78, 5) is 14.8. The summed E-state index contributed by atoms with van der Waals surface area (Å²) in [5.74, 6) is -1.82. The van der Waals surface area contributed by atoms with E-state index in [9.17, 15) is 18.0 Å². The lowest BCUT2D eigenvalue weighted by molar-refractivity contribution is -0.189. The molecule has 0 atom stereocenters. The Morgan fingerprint density at radius 1 is 1.47 bits per heavy atom. The van der Waals surface area contributed by atoms with Gasteiger partial charge in [-0.1, -0.05) is 0 Å². The topological polar surface area (TPSA) is 51.2 Å². The molecule has 0 unspecified atom stereocenters. The number of hydrogen-bond acceptors (Lipinski definition) is 4. The summed E-state index contributed by atoms with van der Waals surface area (Å²) in [5.41, 5.74) is 0.381. The van der Waals surface area contributed by atoms with Crippen LogP contribution in [0.2, 0.25) is 0 Å². The fourth-order valence-corrected chi connectivity index (χ4v) is 1.76. The Bertz CT molecular complexity index is 459. The van der Waals surface area contributed by atoms with Crippen LogP contribution in [0.4, 0.5) is 13.2 Å². The van der Waals surface area contributed by atoms with Gasteiger partial charge in [0.25, 0.3) is 0 Å². The van der Waals surface area contributed by atoms with E-state index in [1.165, 1.54) is 18.3 Å². The Balaban J connectivity index is 2.00. The molecule has 1 aromatic rings. The van der Waals surface area contributed by atoms with E-state index in [4.69, 9.17) is 0 Å². The Hall–Kier alpha value is -1.63. The van der Waals surface area contributed by atoms with Gasteiger partial charge in [0.15, 0.2) is 5.75 Å². The molecular formula is C12H13F3N2O2. The Morgan fingerprint density at radius 3 is 2.79 bits per heavy atom. The quantitative estimate of drug-likeness (QED) is 0.849. The maximum Gasteiger partial charge on any atom is 0.491 e. The zero-order chi connectivity index (χ0) is 13.9. The van der Waals surface area contributed by atoms with Gasteiger partial charge in [0.05, 0.1) is 5.69 Å². The minimum Gasteiger partial charge on any atom is -0.418 e. The Kier molecular flexibility index (Phi) is 4.04. The molecule has 2 rings (SSSR count). The lowest BCUT2D eigenvalue weighted by Crippen LogP contribution is -2.42. The summed E-state index contributed by atoms with van der Waals surface area (Å²) < 4.78 is 40.8. The van der Waals surface area contributed by atoms with Crippen molar-refractivity contribution in [3.05, 3.63) is 24.0 Å². The van der Waals surface area contributed by atoms with Gasteiger partial charge in [-0.05, 0) is 44.0 Å². The fraction of sp³-hybridized carbons (Fsp3) is 0.500. The third-order valence-electron chi connectivity index (χ3n) is 2.94. The van der Waals surface area contributed by atoms with E-state index in [1.807, 2.05) is 0 Å². The van der Waals surface area contributed by atoms with Crippen molar-refractivity contribution in [3.8, 4) is 5.75 Å². The second-order valence-electron chi connectivity index (χ2n) is 4.40. The molecule has 0 aromatic carbocycles. The number of carbonyl (C=O) groups excluding carboxylic acids is 1. The van der Waals surface area contributed by atoms with Gasteiger partial charge in [0, 0.05) is 6.20 Å². The monoisotopic (exact) mass is 274 g/mol. The summed E-state index contributed by atoms with van der Waals surface area (Å²) in [6, 6.07) is 2.76. The molecule has 0 amide bonds. The molecule has 0 bridgehead atoms. The highest BCUT2D eigenvalue weighted by atomic mass is 19.4. The average Bonchev–Trinajstić information content (AvgIpc) is 2.28. The summed E-state index contributed by atoms with van der Waals surface area (Å²) in [5, 5.41) is 3.11. The number of aryl methyl sites for hydroxylation is 1. The number of pyridine rings is 1. The first-order valence-electron chi connectivity index (χ1n) is 5.90. The molecule has 19 heavy (non-hydrogen) atoms. The third-order valence-corrected chi connectivity index (χ3v) is 2.94. The lowest BCUT2D eigenvalue weighted by Gasteiger charge is -2.26. The Labute approximate surface area is 108 Å². The van der Waals surface area contributed by atoms with Crippen LogP contribution >= 0.6 is 0 Å². The van der Waals surface area contributed by atoms with Gasteiger partial charge < -0.3 is 10.1 Å². The van der Waals surface area contributed by atoms with Gasteiger partial charge in [-0.2, -0.15) is 13.2 Å². The largest absolute Gasteiger partial charge is 0.491 e. The first-order chi connectivity index (χ1) is 8.97. The number of rotatable bonds is 4. The molecule has 1 aliphatic heterocycles. The van der Waals surface area contributed by atoms with Crippen LogP contribution in [0.15, 0.2) is 18.3 Å². The second-order valence-corrected chi connectivity index (χ2v) is 4.40. The van der Waals surface area contributed by atoms with Crippen molar-refractivity contribution < 1.29 is 22.7 Å². The fourth-order valence-electron chi connectivity index (χ4n) is 1.76. The van der Waals surface area contributed by atoms with Gasteiger partial charge in [0.2, 0.25) is 0 Å². The van der Waals surface area contributed by atoms with E-state index in [0.29, 0.717) is 18.0 Å². The molecule has 0 aliphatic carbocycles. The summed E-state index contributed by atoms with van der Waals surface area (Å²) >= 11 is 0. The number of hydrogen-bond donors (Lipinski definition) is 1. The zero-order valence-electron chi connectivity index (χ0n) is 10.0. The molecule has 4 nitrogen and oxygen atoms in total. The molecule has 2 heterocycles. The summed E-state index contributed by atoms with van der Waals surface area (Å²) in [6.45, 7) is 1.81. The molecule has 1 saturated heterocycles. The van der Waals surface area contributed by atoms with Gasteiger partial charge in [0.1, 0.15) is 0 Å². The number of alkyl halides is 3. The molecule has 0 spiro atoms. The average molecular weight is 274 g/mol. The number of nitrogens with zero attached hydrogens (tertiary/aromatic N) is 1. The summed E-state index contributed by atoms with van der Waals surface area (Å²) in [6.07, 6.45) is -2.22. The van der Waals surface area contributed by atoms with Crippen LogP contribution in [0.1, 0.15) is 12.1 Å². The highest BCUT2D eigenvalue weighted by Gasteiger charge is 2.41.